The van der Waals surface area contributed by atoms with Crippen LogP contribution < -0.4 is 5.32 Å². The second-order valence-electron chi connectivity index (χ2n) is 4.41. The highest BCUT2D eigenvalue weighted by Gasteiger charge is 2.24. The van der Waals surface area contributed by atoms with Crippen molar-refractivity contribution in [2.75, 3.05) is 6.61 Å². The summed E-state index contributed by atoms with van der Waals surface area (Å²) >= 11 is 0. The van der Waals surface area contributed by atoms with Gasteiger partial charge in [0.05, 0.1) is 12.3 Å². The third-order valence-corrected chi connectivity index (χ3v) is 3.43. The zero-order valence-electron chi connectivity index (χ0n) is 10.7. The summed E-state index contributed by atoms with van der Waals surface area (Å²) in [5.41, 5.74) is 2.10. The van der Waals surface area contributed by atoms with Crippen molar-refractivity contribution in [1.82, 2.24) is 15.1 Å². The van der Waals surface area contributed by atoms with E-state index < -0.39 is 0 Å². The highest BCUT2D eigenvalue weighted by atomic mass is 16.3. The quantitative estimate of drug-likeness (QED) is 0.769. The molecule has 0 saturated carbocycles. The van der Waals surface area contributed by atoms with Crippen LogP contribution in [-0.4, -0.2) is 27.0 Å². The summed E-state index contributed by atoms with van der Waals surface area (Å²) in [5.74, 6) is 0. The molecule has 0 saturated heterocycles. The lowest BCUT2D eigenvalue weighted by atomic mass is 9.93. The van der Waals surface area contributed by atoms with Crippen molar-refractivity contribution >= 4 is 0 Å². The van der Waals surface area contributed by atoms with Crippen LogP contribution in [-0.2, 0) is 13.6 Å². The number of aromatic nitrogens is 2. The lowest BCUT2D eigenvalue weighted by molar-refractivity contribution is 0.149. The standard InChI is InChI=1S/C12H23N3O/c1-5-12(6-2,9-16)13-7-11-8-15(4)14-10(11)3/h8,13,16H,5-7,9H2,1-4H3. The minimum Gasteiger partial charge on any atom is -0.394 e. The van der Waals surface area contributed by atoms with Crippen LogP contribution in [0.15, 0.2) is 6.20 Å². The van der Waals surface area contributed by atoms with Gasteiger partial charge in [0.15, 0.2) is 0 Å². The number of nitrogens with one attached hydrogen (secondary N) is 1. The minimum atomic E-state index is -0.151. The molecule has 0 bridgehead atoms. The van der Waals surface area contributed by atoms with E-state index in [4.69, 9.17) is 0 Å². The molecule has 0 fully saturated rings. The molecule has 1 heterocycles. The zero-order chi connectivity index (χ0) is 12.2. The van der Waals surface area contributed by atoms with Gasteiger partial charge in [0, 0.05) is 30.9 Å². The van der Waals surface area contributed by atoms with E-state index in [9.17, 15) is 5.11 Å². The molecule has 16 heavy (non-hydrogen) atoms. The number of aryl methyl sites for hydroxylation is 2. The van der Waals surface area contributed by atoms with Crippen molar-refractivity contribution in [1.29, 1.82) is 0 Å². The molecule has 0 radical (unpaired) electrons. The number of rotatable bonds is 6. The molecule has 4 heteroatoms. The van der Waals surface area contributed by atoms with Crippen molar-refractivity contribution in [3.63, 3.8) is 0 Å². The van der Waals surface area contributed by atoms with E-state index >= 15 is 0 Å². The maximum absolute atomic E-state index is 9.45. The molecule has 0 aliphatic carbocycles. The Hall–Kier alpha value is -0.870. The predicted molar refractivity (Wildman–Crippen MR) is 65.2 cm³/mol. The molecule has 1 rings (SSSR count). The molecular weight excluding hydrogens is 202 g/mol. The van der Waals surface area contributed by atoms with E-state index in [-0.39, 0.29) is 12.1 Å². The van der Waals surface area contributed by atoms with Gasteiger partial charge in [-0.25, -0.2) is 0 Å². The van der Waals surface area contributed by atoms with Crippen LogP contribution in [0.3, 0.4) is 0 Å². The largest absolute Gasteiger partial charge is 0.394 e. The van der Waals surface area contributed by atoms with Crippen LogP contribution in [0.25, 0.3) is 0 Å². The fraction of sp³-hybridized carbons (Fsp3) is 0.750. The van der Waals surface area contributed by atoms with Crippen LogP contribution in [0.1, 0.15) is 37.9 Å². The monoisotopic (exact) mass is 225 g/mol. The number of aliphatic hydroxyl groups excluding tert-OH is 1. The molecule has 0 unspecified atom stereocenters. The van der Waals surface area contributed by atoms with Gasteiger partial charge in [0.25, 0.3) is 0 Å². The van der Waals surface area contributed by atoms with E-state index in [1.165, 1.54) is 5.56 Å². The molecule has 0 aromatic carbocycles. The van der Waals surface area contributed by atoms with Crippen LogP contribution in [0, 0.1) is 6.92 Å². The maximum Gasteiger partial charge on any atom is 0.0638 e. The first-order valence-electron chi connectivity index (χ1n) is 5.92. The smallest absolute Gasteiger partial charge is 0.0638 e. The predicted octanol–water partition coefficient (Wildman–Crippen LogP) is 1.37. The van der Waals surface area contributed by atoms with Gasteiger partial charge >= 0.3 is 0 Å². The summed E-state index contributed by atoms with van der Waals surface area (Å²) in [7, 11) is 1.93. The average molecular weight is 225 g/mol. The number of nitrogens with zero attached hydrogens (tertiary/aromatic N) is 2. The summed E-state index contributed by atoms with van der Waals surface area (Å²) in [6.45, 7) is 7.16. The van der Waals surface area contributed by atoms with E-state index in [1.807, 2.05) is 24.9 Å². The van der Waals surface area contributed by atoms with Crippen molar-refractivity contribution in [3.8, 4) is 0 Å². The molecule has 1 aromatic heterocycles. The van der Waals surface area contributed by atoms with E-state index in [0.29, 0.717) is 0 Å². The topological polar surface area (TPSA) is 50.1 Å². The first-order chi connectivity index (χ1) is 7.56. The Bertz CT molecular complexity index is 321. The van der Waals surface area contributed by atoms with Gasteiger partial charge in [0.2, 0.25) is 0 Å². The van der Waals surface area contributed by atoms with E-state index in [2.05, 4.69) is 24.3 Å². The van der Waals surface area contributed by atoms with Crippen LogP contribution in [0.2, 0.25) is 0 Å². The Kier molecular flexibility index (Phi) is 4.50. The van der Waals surface area contributed by atoms with Gasteiger partial charge in [-0.1, -0.05) is 13.8 Å². The van der Waals surface area contributed by atoms with Gasteiger partial charge in [-0.3, -0.25) is 4.68 Å². The number of hydrogen-bond acceptors (Lipinski definition) is 3. The number of hydrogen-bond donors (Lipinski definition) is 2. The lowest BCUT2D eigenvalue weighted by Gasteiger charge is -2.30. The van der Waals surface area contributed by atoms with Crippen molar-refractivity contribution in [3.05, 3.63) is 17.5 Å². The summed E-state index contributed by atoms with van der Waals surface area (Å²) in [6.07, 6.45) is 3.88. The SMILES string of the molecule is CCC(CC)(CO)NCc1cn(C)nc1C. The van der Waals surface area contributed by atoms with Crippen LogP contribution >= 0.6 is 0 Å². The first kappa shape index (κ1) is 13.2. The van der Waals surface area contributed by atoms with E-state index in [1.54, 1.807) is 0 Å². The second kappa shape index (κ2) is 5.46. The first-order valence-corrected chi connectivity index (χ1v) is 5.92. The average Bonchev–Trinajstić information content (AvgIpc) is 2.60. The molecule has 1 aromatic rings. The molecule has 0 amide bonds. The zero-order valence-corrected chi connectivity index (χ0v) is 10.7. The van der Waals surface area contributed by atoms with E-state index in [0.717, 1.165) is 25.1 Å². The van der Waals surface area contributed by atoms with Gasteiger partial charge in [-0.05, 0) is 19.8 Å². The molecule has 0 aliphatic rings. The maximum atomic E-state index is 9.45. The van der Waals surface area contributed by atoms with Crippen LogP contribution in [0.5, 0.6) is 0 Å². The Morgan fingerprint density at radius 3 is 2.44 bits per heavy atom. The fourth-order valence-electron chi connectivity index (χ4n) is 1.88. The summed E-state index contributed by atoms with van der Waals surface area (Å²) in [5, 5.41) is 17.2. The molecule has 92 valence electrons. The van der Waals surface area contributed by atoms with Gasteiger partial charge in [-0.15, -0.1) is 0 Å². The molecule has 2 N–H and O–H groups in total. The van der Waals surface area contributed by atoms with Crippen molar-refractivity contribution < 1.29 is 5.11 Å². The van der Waals surface area contributed by atoms with Crippen LogP contribution in [0.4, 0.5) is 0 Å². The summed E-state index contributed by atoms with van der Waals surface area (Å²) in [4.78, 5) is 0. The lowest BCUT2D eigenvalue weighted by Crippen LogP contribution is -2.47. The third kappa shape index (κ3) is 2.83. The minimum absolute atomic E-state index is 0.151. The molecular formula is C12H23N3O. The molecule has 0 aliphatic heterocycles. The fourth-order valence-corrected chi connectivity index (χ4v) is 1.88. The number of aliphatic hydroxyl groups is 1. The second-order valence-corrected chi connectivity index (χ2v) is 4.41. The molecule has 0 spiro atoms. The Labute approximate surface area is 97.7 Å². The van der Waals surface area contributed by atoms with Crippen molar-refractivity contribution in [2.24, 2.45) is 7.05 Å². The summed E-state index contributed by atoms with van der Waals surface area (Å²) < 4.78 is 1.82. The Morgan fingerprint density at radius 1 is 1.44 bits per heavy atom. The molecule has 0 atom stereocenters. The third-order valence-electron chi connectivity index (χ3n) is 3.43. The Balaban J connectivity index is 2.65. The Morgan fingerprint density at radius 2 is 2.06 bits per heavy atom. The van der Waals surface area contributed by atoms with Gasteiger partial charge in [0.1, 0.15) is 0 Å². The molecule has 4 nitrogen and oxygen atoms in total. The van der Waals surface area contributed by atoms with Crippen molar-refractivity contribution in [2.45, 2.75) is 45.7 Å². The van der Waals surface area contributed by atoms with Gasteiger partial charge < -0.3 is 10.4 Å². The highest BCUT2D eigenvalue weighted by molar-refractivity contribution is 5.15. The summed E-state index contributed by atoms with van der Waals surface area (Å²) in [6, 6.07) is 0. The van der Waals surface area contributed by atoms with Gasteiger partial charge in [-0.2, -0.15) is 5.10 Å². The normalized spacial score (nSPS) is 12.1. The highest BCUT2D eigenvalue weighted by Crippen LogP contribution is 2.15.